The van der Waals surface area contributed by atoms with Gasteiger partial charge in [-0.3, -0.25) is 4.79 Å². The van der Waals surface area contributed by atoms with Crippen molar-refractivity contribution in [2.24, 2.45) is 23.2 Å². The van der Waals surface area contributed by atoms with E-state index in [-0.39, 0.29) is 11.3 Å². The highest BCUT2D eigenvalue weighted by Gasteiger charge is 2.46. The largest absolute Gasteiger partial charge is 0.481 e. The smallest absolute Gasteiger partial charge is 0.307 e. The average molecular weight is 253 g/mol. The molecule has 0 aromatic carbocycles. The highest BCUT2D eigenvalue weighted by molar-refractivity contribution is 5.71. The summed E-state index contributed by atoms with van der Waals surface area (Å²) in [5.41, 5.74) is -0.110. The molecule has 104 valence electrons. The van der Waals surface area contributed by atoms with Gasteiger partial charge in [-0.1, -0.05) is 27.2 Å². The molecule has 0 aliphatic heterocycles. The summed E-state index contributed by atoms with van der Waals surface area (Å²) in [4.78, 5) is 11.3. The van der Waals surface area contributed by atoms with E-state index in [0.29, 0.717) is 12.0 Å². The highest BCUT2D eigenvalue weighted by atomic mass is 16.4. The minimum Gasteiger partial charge on any atom is -0.481 e. The molecular formula is C15H27NO2. The van der Waals surface area contributed by atoms with Gasteiger partial charge < -0.3 is 10.4 Å². The fourth-order valence-electron chi connectivity index (χ4n) is 3.54. The van der Waals surface area contributed by atoms with Gasteiger partial charge in [0.2, 0.25) is 0 Å². The molecule has 3 nitrogen and oxygen atoms in total. The third-order valence-corrected chi connectivity index (χ3v) is 5.63. The molecule has 0 aromatic rings. The van der Waals surface area contributed by atoms with E-state index in [1.807, 2.05) is 0 Å². The minimum atomic E-state index is -0.621. The summed E-state index contributed by atoms with van der Waals surface area (Å²) in [7, 11) is 0. The van der Waals surface area contributed by atoms with Gasteiger partial charge in [-0.2, -0.15) is 0 Å². The molecule has 18 heavy (non-hydrogen) atoms. The summed E-state index contributed by atoms with van der Waals surface area (Å²) >= 11 is 0. The van der Waals surface area contributed by atoms with Crippen LogP contribution in [0.5, 0.6) is 0 Å². The fraction of sp³-hybridized carbons (Fsp3) is 0.933. The number of rotatable bonds is 4. The summed E-state index contributed by atoms with van der Waals surface area (Å²) in [6.07, 6.45) is 5.95. The van der Waals surface area contributed by atoms with Crippen LogP contribution in [0.1, 0.15) is 52.9 Å². The third-order valence-electron chi connectivity index (χ3n) is 5.63. The van der Waals surface area contributed by atoms with Crippen LogP contribution in [0.25, 0.3) is 0 Å². The fourth-order valence-corrected chi connectivity index (χ4v) is 3.54. The van der Waals surface area contributed by atoms with E-state index in [1.54, 1.807) is 0 Å². The van der Waals surface area contributed by atoms with Crippen molar-refractivity contribution in [2.75, 3.05) is 6.54 Å². The number of hydrogen-bond donors (Lipinski definition) is 2. The standard InChI is InChI=1S/C15H27NO2/c1-10-13(16-9-11-5-4-6-11)8-7-12(14(17)18)15(10,2)3/h10-13,16H,4-9H2,1-3H3,(H,17,18). The Labute approximate surface area is 110 Å². The Morgan fingerprint density at radius 2 is 1.94 bits per heavy atom. The number of carboxylic acid groups (broad SMARTS) is 1. The number of aliphatic carboxylic acids is 1. The lowest BCUT2D eigenvalue weighted by Gasteiger charge is -2.47. The van der Waals surface area contributed by atoms with E-state index in [4.69, 9.17) is 0 Å². The summed E-state index contributed by atoms with van der Waals surface area (Å²) in [6, 6.07) is 0.496. The molecule has 2 rings (SSSR count). The molecule has 0 aromatic heterocycles. The van der Waals surface area contributed by atoms with Crippen LogP contribution in [0.2, 0.25) is 0 Å². The predicted octanol–water partition coefficient (Wildman–Crippen LogP) is 2.90. The van der Waals surface area contributed by atoms with Crippen molar-refractivity contribution in [3.8, 4) is 0 Å². The molecule has 2 saturated carbocycles. The minimum absolute atomic E-state index is 0.110. The molecule has 2 aliphatic carbocycles. The second-order valence-corrected chi connectivity index (χ2v) is 6.89. The summed E-state index contributed by atoms with van der Waals surface area (Å²) in [6.45, 7) is 7.58. The quantitative estimate of drug-likeness (QED) is 0.810. The molecule has 3 atom stereocenters. The lowest BCUT2D eigenvalue weighted by Crippen LogP contribution is -2.52. The van der Waals surface area contributed by atoms with Gasteiger partial charge in [-0.25, -0.2) is 0 Å². The number of hydrogen-bond acceptors (Lipinski definition) is 2. The Hall–Kier alpha value is -0.570. The van der Waals surface area contributed by atoms with Crippen molar-refractivity contribution in [3.05, 3.63) is 0 Å². The van der Waals surface area contributed by atoms with Crippen molar-refractivity contribution >= 4 is 5.97 Å². The second-order valence-electron chi connectivity index (χ2n) is 6.89. The molecular weight excluding hydrogens is 226 g/mol. The molecule has 2 aliphatic rings. The Morgan fingerprint density at radius 1 is 1.28 bits per heavy atom. The maximum absolute atomic E-state index is 11.3. The molecule has 0 radical (unpaired) electrons. The van der Waals surface area contributed by atoms with Gasteiger partial charge in [0.05, 0.1) is 5.92 Å². The average Bonchev–Trinajstić information content (AvgIpc) is 2.21. The molecule has 2 N–H and O–H groups in total. The zero-order valence-electron chi connectivity index (χ0n) is 11.9. The van der Waals surface area contributed by atoms with Crippen LogP contribution in [0, 0.1) is 23.2 Å². The van der Waals surface area contributed by atoms with Gasteiger partial charge in [0, 0.05) is 6.04 Å². The van der Waals surface area contributed by atoms with Gasteiger partial charge in [0.15, 0.2) is 0 Å². The van der Waals surface area contributed by atoms with Crippen LogP contribution in [-0.4, -0.2) is 23.7 Å². The Balaban J connectivity index is 1.92. The first-order valence-electron chi connectivity index (χ1n) is 7.39. The van der Waals surface area contributed by atoms with Gasteiger partial charge in [-0.15, -0.1) is 0 Å². The Morgan fingerprint density at radius 3 is 2.44 bits per heavy atom. The summed E-state index contributed by atoms with van der Waals surface area (Å²) in [5, 5.41) is 13.0. The van der Waals surface area contributed by atoms with E-state index in [2.05, 4.69) is 26.1 Å². The van der Waals surface area contributed by atoms with E-state index >= 15 is 0 Å². The van der Waals surface area contributed by atoms with Crippen molar-refractivity contribution in [1.29, 1.82) is 0 Å². The van der Waals surface area contributed by atoms with Crippen LogP contribution in [0.15, 0.2) is 0 Å². The topological polar surface area (TPSA) is 49.3 Å². The molecule has 2 fully saturated rings. The maximum Gasteiger partial charge on any atom is 0.307 e. The molecule has 3 unspecified atom stereocenters. The summed E-state index contributed by atoms with van der Waals surface area (Å²) in [5.74, 6) is 0.489. The first kappa shape index (κ1) is 13.9. The molecule has 0 heterocycles. The van der Waals surface area contributed by atoms with Crippen molar-refractivity contribution in [3.63, 3.8) is 0 Å². The van der Waals surface area contributed by atoms with E-state index in [9.17, 15) is 9.90 Å². The second kappa shape index (κ2) is 5.20. The molecule has 0 spiro atoms. The van der Waals surface area contributed by atoms with Crippen LogP contribution in [0.4, 0.5) is 0 Å². The van der Waals surface area contributed by atoms with E-state index < -0.39 is 5.97 Å². The first-order chi connectivity index (χ1) is 8.43. The normalized spacial score (nSPS) is 36.1. The molecule has 0 bridgehead atoms. The number of carbonyl (C=O) groups is 1. The predicted molar refractivity (Wildman–Crippen MR) is 72.4 cm³/mol. The van der Waals surface area contributed by atoms with Crippen LogP contribution < -0.4 is 5.32 Å². The number of nitrogens with one attached hydrogen (secondary N) is 1. The monoisotopic (exact) mass is 253 g/mol. The van der Waals surface area contributed by atoms with Gasteiger partial charge in [-0.05, 0) is 49.5 Å². The highest BCUT2D eigenvalue weighted by Crippen LogP contribution is 2.45. The van der Waals surface area contributed by atoms with Crippen LogP contribution >= 0.6 is 0 Å². The van der Waals surface area contributed by atoms with Crippen molar-refractivity contribution in [2.45, 2.75) is 58.9 Å². The lowest BCUT2D eigenvalue weighted by molar-refractivity contribution is -0.150. The van der Waals surface area contributed by atoms with Gasteiger partial charge in [0.25, 0.3) is 0 Å². The SMILES string of the molecule is CC1C(NCC2CCC2)CCC(C(=O)O)C1(C)C. The molecule has 0 saturated heterocycles. The van der Waals surface area contributed by atoms with Crippen LogP contribution in [-0.2, 0) is 4.79 Å². The third kappa shape index (κ3) is 2.56. The van der Waals surface area contributed by atoms with Gasteiger partial charge in [0.1, 0.15) is 0 Å². The zero-order valence-corrected chi connectivity index (χ0v) is 11.9. The number of carboxylic acids is 1. The molecule has 0 amide bonds. The Kier molecular flexibility index (Phi) is 4.00. The maximum atomic E-state index is 11.3. The lowest BCUT2D eigenvalue weighted by atomic mass is 9.61. The van der Waals surface area contributed by atoms with Crippen molar-refractivity contribution in [1.82, 2.24) is 5.32 Å². The summed E-state index contributed by atoms with van der Waals surface area (Å²) < 4.78 is 0. The molecule has 3 heteroatoms. The van der Waals surface area contributed by atoms with Gasteiger partial charge >= 0.3 is 5.97 Å². The first-order valence-corrected chi connectivity index (χ1v) is 7.39. The Bertz CT molecular complexity index is 310. The van der Waals surface area contributed by atoms with E-state index in [0.717, 1.165) is 25.3 Å². The van der Waals surface area contributed by atoms with Crippen LogP contribution in [0.3, 0.4) is 0 Å². The van der Waals surface area contributed by atoms with Crippen molar-refractivity contribution < 1.29 is 9.90 Å². The zero-order chi connectivity index (χ0) is 13.3. The van der Waals surface area contributed by atoms with E-state index in [1.165, 1.54) is 19.3 Å².